The van der Waals surface area contributed by atoms with Crippen LogP contribution in [0.25, 0.3) is 0 Å². The Labute approximate surface area is 130 Å². The van der Waals surface area contributed by atoms with E-state index in [0.29, 0.717) is 23.6 Å². The summed E-state index contributed by atoms with van der Waals surface area (Å²) in [4.78, 5) is 0. The molecule has 0 spiro atoms. The number of hydrogen-bond acceptors (Lipinski definition) is 3. The summed E-state index contributed by atoms with van der Waals surface area (Å²) < 4.78 is 28.5. The van der Waals surface area contributed by atoms with Gasteiger partial charge in [0.05, 0.1) is 17.4 Å². The van der Waals surface area contributed by atoms with Gasteiger partial charge in [-0.3, -0.25) is 0 Å². The van der Waals surface area contributed by atoms with Gasteiger partial charge in [-0.2, -0.15) is 0 Å². The Morgan fingerprint density at radius 3 is 2.30 bits per heavy atom. The molecule has 0 N–H and O–H groups in total. The number of ether oxygens (including phenoxy) is 1. The third-order valence-electron chi connectivity index (χ3n) is 3.60. The first-order valence-corrected chi connectivity index (χ1v) is 9.38. The molecule has 0 amide bonds. The normalized spacial score (nSPS) is 12.4. The van der Waals surface area contributed by atoms with Gasteiger partial charge in [0.15, 0.2) is 0 Å². The van der Waals surface area contributed by atoms with E-state index < -0.39 is 14.5 Å². The second-order valence-corrected chi connectivity index (χ2v) is 8.30. The molecule has 1 rings (SSSR count). The van der Waals surface area contributed by atoms with E-state index in [9.17, 15) is 8.42 Å². The van der Waals surface area contributed by atoms with Gasteiger partial charge < -0.3 is 4.74 Å². The molecule has 0 aromatic heterocycles. The molecule has 0 bridgehead atoms. The zero-order chi connectivity index (χ0) is 15.4. The summed E-state index contributed by atoms with van der Waals surface area (Å²) in [6.45, 7) is 6.09. The van der Waals surface area contributed by atoms with E-state index in [1.807, 2.05) is 32.9 Å². The Morgan fingerprint density at radius 2 is 1.85 bits per heavy atom. The zero-order valence-corrected chi connectivity index (χ0v) is 14.3. The number of aryl methyl sites for hydroxylation is 1. The van der Waals surface area contributed by atoms with Crippen molar-refractivity contribution in [3.05, 3.63) is 28.8 Å². The quantitative estimate of drug-likeness (QED) is 0.692. The summed E-state index contributed by atoms with van der Waals surface area (Å²) >= 11 is 6.11. The molecule has 6 heteroatoms. The van der Waals surface area contributed by atoms with Crippen LogP contribution in [0, 0.1) is 12.3 Å². The average Bonchev–Trinajstić information content (AvgIpc) is 2.35. The van der Waals surface area contributed by atoms with Gasteiger partial charge in [0.2, 0.25) is 9.05 Å². The lowest BCUT2D eigenvalue weighted by atomic mass is 9.85. The monoisotopic (exact) mass is 338 g/mol. The minimum absolute atomic E-state index is 0.0992. The molecule has 0 radical (unpaired) electrons. The predicted octanol–water partition coefficient (Wildman–Crippen LogP) is 4.40. The molecule has 0 unspecified atom stereocenters. The molecule has 0 aliphatic rings. The van der Waals surface area contributed by atoms with E-state index in [-0.39, 0.29) is 12.4 Å². The van der Waals surface area contributed by atoms with Crippen LogP contribution in [0.3, 0.4) is 0 Å². The lowest BCUT2D eigenvalue weighted by Gasteiger charge is -2.30. The van der Waals surface area contributed by atoms with E-state index in [2.05, 4.69) is 0 Å². The van der Waals surface area contributed by atoms with Crippen molar-refractivity contribution in [2.24, 2.45) is 5.41 Å². The Balaban J connectivity index is 2.86. The van der Waals surface area contributed by atoms with Crippen LogP contribution >= 0.6 is 22.3 Å². The van der Waals surface area contributed by atoms with Crippen LogP contribution in [-0.2, 0) is 9.05 Å². The molecule has 0 heterocycles. The Kier molecular flexibility index (Phi) is 6.17. The first-order valence-electron chi connectivity index (χ1n) is 6.52. The number of rotatable bonds is 7. The van der Waals surface area contributed by atoms with Crippen LogP contribution in [0.1, 0.15) is 32.3 Å². The number of halogens is 2. The molecule has 20 heavy (non-hydrogen) atoms. The summed E-state index contributed by atoms with van der Waals surface area (Å²) in [5.74, 6) is 0.466. The van der Waals surface area contributed by atoms with Gasteiger partial charge in [0.1, 0.15) is 5.75 Å². The van der Waals surface area contributed by atoms with E-state index >= 15 is 0 Å². The minimum Gasteiger partial charge on any atom is -0.491 e. The molecule has 0 aliphatic heterocycles. The topological polar surface area (TPSA) is 43.4 Å². The van der Waals surface area contributed by atoms with E-state index in [0.717, 1.165) is 5.56 Å². The van der Waals surface area contributed by atoms with Gasteiger partial charge in [-0.15, -0.1) is 0 Å². The van der Waals surface area contributed by atoms with Crippen molar-refractivity contribution < 1.29 is 13.2 Å². The smallest absolute Gasteiger partial charge is 0.233 e. The molecular weight excluding hydrogens is 319 g/mol. The highest BCUT2D eigenvalue weighted by molar-refractivity contribution is 8.13. The fourth-order valence-electron chi connectivity index (χ4n) is 2.02. The van der Waals surface area contributed by atoms with Crippen LogP contribution < -0.4 is 4.74 Å². The molecular formula is C14H20Cl2O3S. The molecule has 0 fully saturated rings. The van der Waals surface area contributed by atoms with E-state index in [4.69, 9.17) is 27.0 Å². The van der Waals surface area contributed by atoms with Gasteiger partial charge in [-0.05, 0) is 37.5 Å². The lowest BCUT2D eigenvalue weighted by Crippen LogP contribution is -2.33. The summed E-state index contributed by atoms with van der Waals surface area (Å²) in [6, 6.07) is 5.51. The second kappa shape index (κ2) is 7.01. The average molecular weight is 339 g/mol. The third-order valence-corrected chi connectivity index (χ3v) is 5.18. The van der Waals surface area contributed by atoms with Crippen LogP contribution in [0.5, 0.6) is 5.75 Å². The Morgan fingerprint density at radius 1 is 1.25 bits per heavy atom. The minimum atomic E-state index is -3.57. The molecule has 1 aromatic rings. The van der Waals surface area contributed by atoms with Gasteiger partial charge in [0, 0.05) is 16.1 Å². The summed E-state index contributed by atoms with van der Waals surface area (Å²) in [6.07, 6.45) is 1.33. The van der Waals surface area contributed by atoms with Crippen LogP contribution in [-0.4, -0.2) is 20.8 Å². The van der Waals surface area contributed by atoms with Crippen molar-refractivity contribution in [2.45, 2.75) is 33.6 Å². The highest BCUT2D eigenvalue weighted by Gasteiger charge is 2.32. The zero-order valence-electron chi connectivity index (χ0n) is 11.9. The van der Waals surface area contributed by atoms with Crippen LogP contribution in [0.2, 0.25) is 5.02 Å². The highest BCUT2D eigenvalue weighted by atomic mass is 35.7. The van der Waals surface area contributed by atoms with Crippen LogP contribution in [0.4, 0.5) is 0 Å². The van der Waals surface area contributed by atoms with E-state index in [1.165, 1.54) is 0 Å². The third kappa shape index (κ3) is 5.15. The SMILES string of the molecule is CCC(CC)(COc1ccc(C)cc1Cl)CS(=O)(=O)Cl. The largest absolute Gasteiger partial charge is 0.491 e. The first-order chi connectivity index (χ1) is 9.21. The standard InChI is InChI=1S/C14H20Cl2O3S/c1-4-14(5-2,10-20(16,17)18)9-19-13-7-6-11(3)8-12(13)15/h6-8H,4-5,9-10H2,1-3H3. The summed E-state index contributed by atoms with van der Waals surface area (Å²) in [5.41, 5.74) is 0.553. The molecule has 0 saturated carbocycles. The number of hydrogen-bond donors (Lipinski definition) is 0. The molecule has 3 nitrogen and oxygen atoms in total. The van der Waals surface area contributed by atoms with Crippen molar-refractivity contribution in [1.29, 1.82) is 0 Å². The fourth-order valence-corrected chi connectivity index (χ4v) is 4.23. The van der Waals surface area contributed by atoms with Crippen molar-refractivity contribution in [3.8, 4) is 5.75 Å². The Hall–Kier alpha value is -0.450. The van der Waals surface area contributed by atoms with Crippen molar-refractivity contribution in [3.63, 3.8) is 0 Å². The van der Waals surface area contributed by atoms with Gasteiger partial charge >= 0.3 is 0 Å². The van der Waals surface area contributed by atoms with Gasteiger partial charge in [-0.1, -0.05) is 31.5 Å². The summed E-state index contributed by atoms with van der Waals surface area (Å²) in [5, 5.41) is 0.528. The molecule has 114 valence electrons. The maximum Gasteiger partial charge on any atom is 0.233 e. The van der Waals surface area contributed by atoms with Gasteiger partial charge in [-0.25, -0.2) is 8.42 Å². The van der Waals surface area contributed by atoms with Crippen molar-refractivity contribution in [1.82, 2.24) is 0 Å². The second-order valence-electron chi connectivity index (χ2n) is 5.11. The van der Waals surface area contributed by atoms with E-state index in [1.54, 1.807) is 6.07 Å². The molecule has 0 aliphatic carbocycles. The molecule has 0 saturated heterocycles. The maximum atomic E-state index is 11.4. The number of benzene rings is 1. The molecule has 1 aromatic carbocycles. The highest BCUT2D eigenvalue weighted by Crippen LogP contribution is 2.33. The van der Waals surface area contributed by atoms with Gasteiger partial charge in [0.25, 0.3) is 0 Å². The Bertz CT molecular complexity index is 552. The summed E-state index contributed by atoms with van der Waals surface area (Å²) in [7, 11) is 1.83. The van der Waals surface area contributed by atoms with Crippen LogP contribution in [0.15, 0.2) is 18.2 Å². The lowest BCUT2D eigenvalue weighted by molar-refractivity contribution is 0.155. The fraction of sp³-hybridized carbons (Fsp3) is 0.571. The van der Waals surface area contributed by atoms with Crippen molar-refractivity contribution >= 4 is 31.3 Å². The van der Waals surface area contributed by atoms with Crippen molar-refractivity contribution in [2.75, 3.05) is 12.4 Å². The first kappa shape index (κ1) is 17.6. The predicted molar refractivity (Wildman–Crippen MR) is 84.3 cm³/mol. The maximum absolute atomic E-state index is 11.4. The molecule has 0 atom stereocenters.